The molecular formula is C20H15FN6O. The Kier molecular flexibility index (Phi) is 3.68. The number of nitrogens with zero attached hydrogens (tertiary/aromatic N) is 3. The van der Waals surface area contributed by atoms with Crippen LogP contribution in [0.3, 0.4) is 0 Å². The van der Waals surface area contributed by atoms with Crippen LogP contribution in [0.5, 0.6) is 0 Å². The van der Waals surface area contributed by atoms with Crippen LogP contribution >= 0.6 is 0 Å². The number of aromatic nitrogens is 5. The predicted octanol–water partition coefficient (Wildman–Crippen LogP) is 3.53. The first-order valence-electron chi connectivity index (χ1n) is 8.69. The lowest BCUT2D eigenvalue weighted by Crippen LogP contribution is -2.01. The quantitative estimate of drug-likeness (QED) is 0.449. The first-order chi connectivity index (χ1) is 13.7. The van der Waals surface area contributed by atoms with Gasteiger partial charge >= 0.3 is 5.69 Å². The van der Waals surface area contributed by atoms with Crippen LogP contribution in [0.4, 0.5) is 15.9 Å². The SMILES string of the molecule is O=c1[nH]c2ccc(Nc3ncnc4c3ccn4Cc3ccc(F)cc3)cc2[nH]1. The zero-order valence-electron chi connectivity index (χ0n) is 14.6. The van der Waals surface area contributed by atoms with Gasteiger partial charge in [-0.15, -0.1) is 0 Å². The number of H-pyrrole nitrogens is 2. The Balaban J connectivity index is 1.48. The van der Waals surface area contributed by atoms with E-state index in [0.717, 1.165) is 27.8 Å². The Hall–Kier alpha value is -3.94. The number of imidazole rings is 1. The second-order valence-electron chi connectivity index (χ2n) is 6.49. The molecule has 0 bridgehead atoms. The lowest BCUT2D eigenvalue weighted by Gasteiger charge is -2.08. The highest BCUT2D eigenvalue weighted by Gasteiger charge is 2.10. The lowest BCUT2D eigenvalue weighted by molar-refractivity contribution is 0.626. The van der Waals surface area contributed by atoms with E-state index in [9.17, 15) is 9.18 Å². The normalized spacial score (nSPS) is 11.3. The summed E-state index contributed by atoms with van der Waals surface area (Å²) in [5, 5.41) is 4.15. The van der Waals surface area contributed by atoms with Crippen molar-refractivity contribution in [3.8, 4) is 0 Å². The fourth-order valence-electron chi connectivity index (χ4n) is 3.26. The van der Waals surface area contributed by atoms with Crippen molar-refractivity contribution < 1.29 is 4.39 Å². The fraction of sp³-hybridized carbons (Fsp3) is 0.0500. The molecule has 3 N–H and O–H groups in total. The molecule has 0 unspecified atom stereocenters. The largest absolute Gasteiger partial charge is 0.340 e. The molecule has 0 saturated heterocycles. The molecule has 138 valence electrons. The zero-order chi connectivity index (χ0) is 19.1. The minimum atomic E-state index is -0.254. The van der Waals surface area contributed by atoms with Crippen LogP contribution in [0.2, 0.25) is 0 Å². The highest BCUT2D eigenvalue weighted by Crippen LogP contribution is 2.25. The molecule has 5 rings (SSSR count). The molecule has 0 aliphatic heterocycles. The molecule has 3 heterocycles. The molecule has 3 aromatic heterocycles. The molecular weight excluding hydrogens is 359 g/mol. The van der Waals surface area contributed by atoms with Crippen molar-refractivity contribution in [1.82, 2.24) is 24.5 Å². The van der Waals surface area contributed by atoms with Gasteiger partial charge in [-0.25, -0.2) is 19.2 Å². The fourth-order valence-corrected chi connectivity index (χ4v) is 3.26. The van der Waals surface area contributed by atoms with Gasteiger partial charge < -0.3 is 19.9 Å². The Morgan fingerprint density at radius 3 is 2.68 bits per heavy atom. The van der Waals surface area contributed by atoms with E-state index in [-0.39, 0.29) is 11.5 Å². The summed E-state index contributed by atoms with van der Waals surface area (Å²) in [7, 11) is 0. The standard InChI is InChI=1S/C20H15FN6O/c21-13-3-1-12(2-4-13)10-27-8-7-15-18(22-11-23-19(15)27)24-14-5-6-16-17(9-14)26-20(28)25-16/h1-9,11H,10H2,(H,22,23,24)(H2,25,26,28). The summed E-state index contributed by atoms with van der Waals surface area (Å²) in [6, 6.07) is 13.9. The van der Waals surface area contributed by atoms with Gasteiger partial charge in [-0.2, -0.15) is 0 Å². The third kappa shape index (κ3) is 2.90. The number of hydrogen-bond donors (Lipinski definition) is 3. The number of rotatable bonds is 4. The van der Waals surface area contributed by atoms with E-state index >= 15 is 0 Å². The summed E-state index contributed by atoms with van der Waals surface area (Å²) < 4.78 is 15.1. The van der Waals surface area contributed by atoms with E-state index < -0.39 is 0 Å². The second kappa shape index (κ2) is 6.34. The Bertz CT molecular complexity index is 1350. The number of fused-ring (bicyclic) bond motifs is 2. The minimum Gasteiger partial charge on any atom is -0.340 e. The number of nitrogens with one attached hydrogen (secondary N) is 3. The first kappa shape index (κ1) is 16.2. The van der Waals surface area contributed by atoms with Gasteiger partial charge in [-0.1, -0.05) is 12.1 Å². The highest BCUT2D eigenvalue weighted by molar-refractivity contribution is 5.90. The third-order valence-corrected chi connectivity index (χ3v) is 4.60. The van der Waals surface area contributed by atoms with Gasteiger partial charge in [0.25, 0.3) is 0 Å². The molecule has 0 atom stereocenters. The number of anilines is 2. The maximum absolute atomic E-state index is 13.1. The Morgan fingerprint density at radius 2 is 1.82 bits per heavy atom. The minimum absolute atomic E-state index is 0.241. The highest BCUT2D eigenvalue weighted by atomic mass is 19.1. The monoisotopic (exact) mass is 374 g/mol. The van der Waals surface area contributed by atoms with Gasteiger partial charge in [0.05, 0.1) is 16.4 Å². The average Bonchev–Trinajstić information content (AvgIpc) is 3.26. The Morgan fingerprint density at radius 1 is 1.00 bits per heavy atom. The summed E-state index contributed by atoms with van der Waals surface area (Å²) in [5.41, 5.74) is 3.78. The van der Waals surface area contributed by atoms with E-state index in [1.54, 1.807) is 12.1 Å². The maximum atomic E-state index is 13.1. The third-order valence-electron chi connectivity index (χ3n) is 4.60. The summed E-state index contributed by atoms with van der Waals surface area (Å²) >= 11 is 0. The summed E-state index contributed by atoms with van der Waals surface area (Å²) in [6.07, 6.45) is 3.43. The van der Waals surface area contributed by atoms with Crippen LogP contribution in [0.1, 0.15) is 5.56 Å². The van der Waals surface area contributed by atoms with Crippen molar-refractivity contribution in [2.24, 2.45) is 0 Å². The lowest BCUT2D eigenvalue weighted by atomic mass is 10.2. The van der Waals surface area contributed by atoms with E-state index in [4.69, 9.17) is 0 Å². The molecule has 7 nitrogen and oxygen atoms in total. The first-order valence-corrected chi connectivity index (χ1v) is 8.69. The molecule has 0 aliphatic carbocycles. The van der Waals surface area contributed by atoms with Crippen molar-refractivity contribution in [2.75, 3.05) is 5.32 Å². The van der Waals surface area contributed by atoms with Gasteiger partial charge in [-0.05, 0) is 42.0 Å². The van der Waals surface area contributed by atoms with Crippen molar-refractivity contribution in [2.45, 2.75) is 6.54 Å². The molecule has 28 heavy (non-hydrogen) atoms. The molecule has 5 aromatic rings. The van der Waals surface area contributed by atoms with Crippen LogP contribution in [-0.4, -0.2) is 24.5 Å². The smallest absolute Gasteiger partial charge is 0.323 e. The molecule has 8 heteroatoms. The van der Waals surface area contributed by atoms with Crippen molar-refractivity contribution in [3.05, 3.63) is 82.9 Å². The molecule has 0 aliphatic rings. The average molecular weight is 374 g/mol. The Labute approximate surface area is 157 Å². The number of benzene rings is 2. The second-order valence-corrected chi connectivity index (χ2v) is 6.49. The molecule has 0 saturated carbocycles. The molecule has 0 fully saturated rings. The zero-order valence-corrected chi connectivity index (χ0v) is 14.6. The van der Waals surface area contributed by atoms with E-state index in [0.29, 0.717) is 17.9 Å². The van der Waals surface area contributed by atoms with E-state index in [1.807, 2.05) is 35.0 Å². The summed E-state index contributed by atoms with van der Waals surface area (Å²) in [6.45, 7) is 0.580. The van der Waals surface area contributed by atoms with Gasteiger partial charge in [0, 0.05) is 18.4 Å². The van der Waals surface area contributed by atoms with Crippen LogP contribution < -0.4 is 11.0 Å². The molecule has 0 amide bonds. The van der Waals surface area contributed by atoms with Gasteiger partial charge in [0.15, 0.2) is 0 Å². The van der Waals surface area contributed by atoms with Crippen molar-refractivity contribution in [1.29, 1.82) is 0 Å². The van der Waals surface area contributed by atoms with Gasteiger partial charge in [0.2, 0.25) is 0 Å². The molecule has 0 spiro atoms. The number of aromatic amines is 2. The van der Waals surface area contributed by atoms with Crippen LogP contribution in [0.25, 0.3) is 22.1 Å². The molecule has 0 radical (unpaired) electrons. The number of halogens is 1. The van der Waals surface area contributed by atoms with Crippen LogP contribution in [0.15, 0.2) is 65.8 Å². The molecule has 2 aromatic carbocycles. The van der Waals surface area contributed by atoms with E-state index in [1.165, 1.54) is 18.5 Å². The topological polar surface area (TPSA) is 91.4 Å². The summed E-state index contributed by atoms with van der Waals surface area (Å²) in [4.78, 5) is 25.6. The summed E-state index contributed by atoms with van der Waals surface area (Å²) in [5.74, 6) is 0.413. The van der Waals surface area contributed by atoms with Gasteiger partial charge in [-0.3, -0.25) is 0 Å². The van der Waals surface area contributed by atoms with Gasteiger partial charge in [0.1, 0.15) is 23.6 Å². The van der Waals surface area contributed by atoms with Crippen LogP contribution in [-0.2, 0) is 6.54 Å². The van der Waals surface area contributed by atoms with E-state index in [2.05, 4.69) is 25.3 Å². The van der Waals surface area contributed by atoms with Crippen LogP contribution in [0, 0.1) is 5.82 Å². The predicted molar refractivity (Wildman–Crippen MR) is 105 cm³/mol. The maximum Gasteiger partial charge on any atom is 0.323 e. The number of hydrogen-bond acceptors (Lipinski definition) is 4. The van der Waals surface area contributed by atoms with Crippen molar-refractivity contribution >= 4 is 33.6 Å². The van der Waals surface area contributed by atoms with Crippen molar-refractivity contribution in [3.63, 3.8) is 0 Å².